The summed E-state index contributed by atoms with van der Waals surface area (Å²) in [7, 11) is 0. The van der Waals surface area contributed by atoms with Gasteiger partial charge in [-0.3, -0.25) is 4.98 Å². The summed E-state index contributed by atoms with van der Waals surface area (Å²) in [5, 5.41) is 22.4. The van der Waals surface area contributed by atoms with Crippen LogP contribution in [0.4, 0.5) is 0 Å². The predicted molar refractivity (Wildman–Crippen MR) is 411 cm³/mol. The molecule has 5 aromatic heterocycles. The van der Waals surface area contributed by atoms with Gasteiger partial charge < -0.3 is 18.3 Å². The number of nitriles is 1. The highest BCUT2D eigenvalue weighted by Crippen LogP contribution is 2.54. The first kappa shape index (κ1) is 58.3. The van der Waals surface area contributed by atoms with Crippen LogP contribution >= 0.6 is 0 Å². The number of pyridine rings is 1. The molecule has 0 radical (unpaired) electrons. The van der Waals surface area contributed by atoms with Crippen LogP contribution in [0.15, 0.2) is 267 Å². The van der Waals surface area contributed by atoms with E-state index in [1.54, 1.807) is 0 Å². The van der Waals surface area contributed by atoms with Crippen molar-refractivity contribution < 1.29 is 0 Å². The zero-order valence-corrected chi connectivity index (χ0v) is 56.1. The molecule has 0 spiro atoms. The summed E-state index contributed by atoms with van der Waals surface area (Å²) in [6.45, 7) is 17.4. The van der Waals surface area contributed by atoms with Gasteiger partial charge in [-0.05, 0) is 240 Å². The molecule has 18 rings (SSSR count). The van der Waals surface area contributed by atoms with Crippen LogP contribution in [-0.4, -0.2) is 23.3 Å². The Hall–Kier alpha value is -12.3. The van der Waals surface area contributed by atoms with E-state index >= 15 is 0 Å². The molecule has 18 aromatic rings. The van der Waals surface area contributed by atoms with Crippen molar-refractivity contribution in [1.29, 1.82) is 5.26 Å². The molecule has 6 heteroatoms. The molecule has 0 amide bonds. The molecule has 0 unspecified atom stereocenters. The lowest BCUT2D eigenvalue weighted by Crippen LogP contribution is -2.03. The van der Waals surface area contributed by atoms with Crippen LogP contribution in [0, 0.1) is 66.7 Å². The third kappa shape index (κ3) is 9.18. The smallest absolute Gasteiger partial charge is 0.100 e. The van der Waals surface area contributed by atoms with Crippen molar-refractivity contribution in [3.05, 3.63) is 317 Å². The minimum atomic E-state index is 0.568. The van der Waals surface area contributed by atoms with Crippen LogP contribution in [0.3, 0.4) is 0 Å². The van der Waals surface area contributed by atoms with Crippen molar-refractivity contribution in [1.82, 2.24) is 23.3 Å². The lowest BCUT2D eigenvalue weighted by Gasteiger charge is -2.26. The summed E-state index contributed by atoms with van der Waals surface area (Å²) in [6.07, 6.45) is 3.81. The number of nitrogens with zero attached hydrogens (tertiary/aromatic N) is 6. The maximum absolute atomic E-state index is 12.6. The Morgan fingerprint density at radius 1 is 0.245 bits per heavy atom. The predicted octanol–water partition coefficient (Wildman–Crippen LogP) is 24.1. The van der Waals surface area contributed by atoms with Gasteiger partial charge in [0.2, 0.25) is 0 Å². The number of fused-ring (bicyclic) bond motifs is 12. The van der Waals surface area contributed by atoms with Crippen LogP contribution in [0.5, 0.6) is 0 Å². The average molecular weight is 1260 g/mol. The molecule has 5 heterocycles. The Morgan fingerprint density at radius 3 is 0.673 bits per heavy atom. The molecule has 0 bridgehead atoms. The van der Waals surface area contributed by atoms with Gasteiger partial charge in [-0.15, -0.1) is 0 Å². The first-order chi connectivity index (χ1) is 47.8. The van der Waals surface area contributed by atoms with E-state index in [9.17, 15) is 5.26 Å². The monoisotopic (exact) mass is 1260 g/mol. The van der Waals surface area contributed by atoms with Crippen molar-refractivity contribution in [2.75, 3.05) is 0 Å². The van der Waals surface area contributed by atoms with Crippen LogP contribution in [-0.2, 0) is 0 Å². The van der Waals surface area contributed by atoms with Crippen LogP contribution in [0.1, 0.15) is 50.1 Å². The number of aromatic nitrogens is 5. The normalized spacial score (nSPS) is 11.9. The lowest BCUT2D eigenvalue weighted by atomic mass is 9.76. The fourth-order valence-corrected chi connectivity index (χ4v) is 16.0. The quantitative estimate of drug-likeness (QED) is 0.145. The van der Waals surface area contributed by atoms with E-state index in [1.807, 2.05) is 18.5 Å². The second kappa shape index (κ2) is 22.4. The van der Waals surface area contributed by atoms with Gasteiger partial charge in [-0.1, -0.05) is 148 Å². The van der Waals surface area contributed by atoms with Gasteiger partial charge in [0.1, 0.15) is 6.07 Å². The third-order valence-electron chi connectivity index (χ3n) is 20.5. The summed E-state index contributed by atoms with van der Waals surface area (Å²) in [5.74, 6) is 0. The molecule has 0 fully saturated rings. The summed E-state index contributed by atoms with van der Waals surface area (Å²) in [4.78, 5) is 4.90. The van der Waals surface area contributed by atoms with E-state index < -0.39 is 0 Å². The van der Waals surface area contributed by atoms with Gasteiger partial charge >= 0.3 is 0 Å². The maximum Gasteiger partial charge on any atom is 0.100 e. The van der Waals surface area contributed by atoms with E-state index in [0.717, 1.165) is 123 Å². The van der Waals surface area contributed by atoms with Gasteiger partial charge in [0.25, 0.3) is 0 Å². The molecule has 98 heavy (non-hydrogen) atoms. The Labute approximate surface area is 569 Å². The van der Waals surface area contributed by atoms with Crippen LogP contribution in [0.2, 0.25) is 0 Å². The second-order valence-corrected chi connectivity index (χ2v) is 27.3. The first-order valence-electron chi connectivity index (χ1n) is 33.9. The van der Waals surface area contributed by atoms with E-state index in [2.05, 4.69) is 328 Å². The van der Waals surface area contributed by atoms with Crippen molar-refractivity contribution in [2.24, 2.45) is 0 Å². The Kier molecular flexibility index (Phi) is 13.3. The fraction of sp³-hybridized carbons (Fsp3) is 0.0870. The molecule has 6 nitrogen and oxygen atoms in total. The van der Waals surface area contributed by atoms with Crippen molar-refractivity contribution in [3.8, 4) is 84.5 Å². The largest absolute Gasteiger partial charge is 0.309 e. The topological polar surface area (TPSA) is 56.4 Å². The second-order valence-electron chi connectivity index (χ2n) is 27.3. The first-order valence-corrected chi connectivity index (χ1v) is 33.9. The molecule has 13 aromatic carbocycles. The fourth-order valence-electron chi connectivity index (χ4n) is 16.0. The SMILES string of the molecule is Cc1ccc2c(c1)c1cc(C)ccc1n2-c1ccc(-c2c(C#N)c(-c3ccc(-n4c5ccc(C)cc5c5cc(C)ccc54)cc3)c(-c3cccnc3)c(-c3ccc(-n4c5ccc(C)cc5c5cc(C)ccc54)cc3)c2-c2ccc(-n3c4ccc(C)cc4c4cc(C)ccc43)cc2)cc1. The van der Waals surface area contributed by atoms with E-state index in [4.69, 9.17) is 4.98 Å². The zero-order valence-electron chi connectivity index (χ0n) is 56.1. The van der Waals surface area contributed by atoms with Gasteiger partial charge in [0.05, 0.1) is 49.7 Å². The number of rotatable bonds is 9. The van der Waals surface area contributed by atoms with Crippen molar-refractivity contribution in [2.45, 2.75) is 55.4 Å². The minimum absolute atomic E-state index is 0.568. The Bertz CT molecular complexity index is 6160. The summed E-state index contributed by atoms with van der Waals surface area (Å²) in [5.41, 5.74) is 32.9. The Morgan fingerprint density at radius 2 is 0.459 bits per heavy atom. The molecule has 0 aliphatic carbocycles. The molecule has 0 aliphatic heterocycles. The number of hydrogen-bond acceptors (Lipinski definition) is 2. The highest BCUT2D eigenvalue weighted by Gasteiger charge is 2.30. The van der Waals surface area contributed by atoms with E-state index in [-0.39, 0.29) is 0 Å². The summed E-state index contributed by atoms with van der Waals surface area (Å²) in [6, 6.07) is 97.5. The maximum atomic E-state index is 12.6. The summed E-state index contributed by atoms with van der Waals surface area (Å²) < 4.78 is 9.58. The summed E-state index contributed by atoms with van der Waals surface area (Å²) >= 11 is 0. The Balaban J connectivity index is 0.933. The van der Waals surface area contributed by atoms with Gasteiger partial charge in [-0.2, -0.15) is 5.26 Å². The minimum Gasteiger partial charge on any atom is -0.309 e. The van der Waals surface area contributed by atoms with Gasteiger partial charge in [0, 0.05) is 100 Å². The van der Waals surface area contributed by atoms with Crippen molar-refractivity contribution >= 4 is 87.2 Å². The molecule has 0 atom stereocenters. The number of benzene rings is 13. The van der Waals surface area contributed by atoms with Gasteiger partial charge in [0.15, 0.2) is 0 Å². The molecule has 0 N–H and O–H groups in total. The number of aryl methyl sites for hydroxylation is 8. The molecule has 0 saturated carbocycles. The highest BCUT2D eigenvalue weighted by atomic mass is 15.0. The van der Waals surface area contributed by atoms with Crippen molar-refractivity contribution in [3.63, 3.8) is 0 Å². The average Bonchev–Trinajstić information content (AvgIpc) is 1.13. The highest BCUT2D eigenvalue weighted by molar-refractivity contribution is 6.15. The van der Waals surface area contributed by atoms with Gasteiger partial charge in [-0.25, -0.2) is 0 Å². The van der Waals surface area contributed by atoms with Crippen LogP contribution < -0.4 is 0 Å². The molecular formula is C92H68N6. The zero-order chi connectivity index (χ0) is 66.4. The standard InChI is InChI=1S/C92H68N6/c1-54-11-35-80-71(44-54)72-45-55(2)12-36-81(72)95(80)67-27-19-62(20-28-67)88-79(52-93)89(63-21-29-68(30-22-63)96-82-37-13-56(3)46-73(82)74-47-57(4)14-38-83(74)96)92(66-10-9-43-94-53-66)91(65-25-33-70(34-26-65)98-86-41-17-60(7)50-77(86)78-51-61(8)18-42-87(78)98)90(88)64-23-31-69(32-24-64)97-84-39-15-58(5)48-75(84)76-49-59(6)16-40-85(76)97/h9-51,53H,1-8H3. The molecule has 0 saturated heterocycles. The molecule has 466 valence electrons. The molecule has 0 aliphatic rings. The van der Waals surface area contributed by atoms with Crippen LogP contribution in [0.25, 0.3) is 166 Å². The molecular weight excluding hydrogens is 1190 g/mol. The van der Waals surface area contributed by atoms with E-state index in [1.165, 1.54) is 87.6 Å². The number of hydrogen-bond donors (Lipinski definition) is 0. The van der Waals surface area contributed by atoms with E-state index in [0.29, 0.717) is 5.56 Å². The third-order valence-corrected chi connectivity index (χ3v) is 20.5. The lowest BCUT2D eigenvalue weighted by molar-refractivity contribution is 1.18.